The molecule has 12 aromatic heterocycles. The number of aryl methyl sites for hydroxylation is 8. The van der Waals surface area contributed by atoms with E-state index in [4.69, 9.17) is 37.6 Å². The molecule has 0 N–H and O–H groups in total. The lowest BCUT2D eigenvalue weighted by Crippen LogP contribution is -2.31. The Labute approximate surface area is 713 Å². The summed E-state index contributed by atoms with van der Waals surface area (Å²) in [6, 6.07) is 52.8. The Morgan fingerprint density at radius 1 is 0.292 bits per heavy atom. The van der Waals surface area contributed by atoms with Gasteiger partial charge in [-0.2, -0.15) is 0 Å². The van der Waals surface area contributed by atoms with Crippen molar-refractivity contribution in [3.05, 3.63) is 238 Å². The first kappa shape index (κ1) is 87.1. The van der Waals surface area contributed by atoms with Crippen LogP contribution in [0.4, 0.5) is 0 Å². The van der Waals surface area contributed by atoms with Crippen molar-refractivity contribution in [3.8, 4) is 45.0 Å². The molecule has 0 spiro atoms. The van der Waals surface area contributed by atoms with E-state index in [1.165, 1.54) is 67.3 Å². The molecule has 0 amide bonds. The fourth-order valence-electron chi connectivity index (χ4n) is 16.9. The molecule has 0 unspecified atom stereocenters. The predicted octanol–water partition coefficient (Wildman–Crippen LogP) is 26.7. The highest BCUT2D eigenvalue weighted by Crippen LogP contribution is 2.44. The van der Waals surface area contributed by atoms with Gasteiger partial charge in [0.25, 0.3) is 0 Å². The lowest BCUT2D eigenvalue weighted by molar-refractivity contribution is -0.660. The average Bonchev–Trinajstić information content (AvgIpc) is 1.60. The van der Waals surface area contributed by atoms with Crippen LogP contribution in [0.5, 0.6) is 0 Å². The molecule has 0 saturated heterocycles. The number of furan rings is 4. The van der Waals surface area contributed by atoms with Crippen molar-refractivity contribution in [2.24, 2.45) is 61.2 Å². The molecule has 624 valence electrons. The second-order valence-electron chi connectivity index (χ2n) is 42.2. The van der Waals surface area contributed by atoms with E-state index in [1.807, 2.05) is 0 Å². The Bertz CT molecular complexity index is 6530. The molecule has 12 heterocycles. The monoisotopic (exact) mass is 1610 g/mol. The fraction of sp³-hybridized carbons (Fsp3) is 0.407. The number of rotatable bonds is 12. The standard InChI is InChI=1S/C28H35N2O.2C27H33N2O.C26H31N2O/c1-18-9-11-21-22-12-10-20(17-28(5,6)7)29-26(22)31-25(21)24(18)23-15-19(13-14-30(23)8)16-27(2,3)4;1-17-9-10-19-20-11-12-22(27(5,6)7)28-25(20)30-24(19)23(17)21-15-18(13-14-29(21)8)16-26(2,3)4;1-17(2)14-20-9-11-22-21-10-8-18(3)24(25(21)30-26(22)28-20)23-15-19(12-13-29(23)7)16-27(4,5)6;1-16(2)21-11-10-20-19-9-8-17(3)23(24(19)29-25(20)27-21)22-14-18(12-13-28(22)7)15-26(4,5)6/h9-15H,16-17H2,1-8H3;9-15H,16H2,1-8H3;8-13,15,17H,14,16H2,1-7H3;8-14,16H,15H2,1-7H3/q4*+1. The first-order chi connectivity index (χ1) is 56.1. The highest BCUT2D eigenvalue weighted by atomic mass is 16.4. The van der Waals surface area contributed by atoms with Crippen LogP contribution in [0.2, 0.25) is 0 Å². The van der Waals surface area contributed by atoms with E-state index in [-0.39, 0.29) is 32.5 Å². The molecule has 0 aliphatic carbocycles. The van der Waals surface area contributed by atoms with Crippen LogP contribution in [0.25, 0.3) is 133 Å². The quantitative estimate of drug-likeness (QED) is 0.111. The SMILES string of the molecule is Cc1ccc2c(oc3nc(C(C)(C)C)ccc32)c1-c1cc(CC(C)(C)C)cc[n+]1C.Cc1ccc2c(oc3nc(C(C)C)ccc32)c1-c1cc(CC(C)(C)C)cc[n+]1C.Cc1ccc2c(oc3nc(CC(C)(C)C)ccc32)c1-c1cc(CC(C)(C)C)cc[n+]1C.Cc1ccc2c(oc3nc(CC(C)C)ccc32)c1-c1cc(CC(C)(C)C)cc[n+]1C. The molecule has 0 bridgehead atoms. The van der Waals surface area contributed by atoms with Gasteiger partial charge in [-0.05, 0) is 198 Å². The van der Waals surface area contributed by atoms with Crippen LogP contribution in [0.3, 0.4) is 0 Å². The van der Waals surface area contributed by atoms with Crippen LogP contribution in [0.15, 0.2) is 188 Å². The number of benzene rings is 4. The number of nitrogens with zero attached hydrogens (tertiary/aromatic N) is 8. The van der Waals surface area contributed by atoms with Crippen LogP contribution in [-0.4, -0.2) is 19.9 Å². The molecule has 0 radical (unpaired) electrons. The Kier molecular flexibility index (Phi) is 24.2. The van der Waals surface area contributed by atoms with Crippen LogP contribution < -0.4 is 18.3 Å². The summed E-state index contributed by atoms with van der Waals surface area (Å²) in [6.07, 6.45) is 14.7. The van der Waals surface area contributed by atoms with Crippen LogP contribution in [0.1, 0.15) is 226 Å². The summed E-state index contributed by atoms with van der Waals surface area (Å²) in [6.45, 7) is 58.0. The molecular formula is C108H132N8O4+4. The summed E-state index contributed by atoms with van der Waals surface area (Å²) in [5.74, 6) is 0.947. The van der Waals surface area contributed by atoms with Gasteiger partial charge in [-0.1, -0.05) is 201 Å². The first-order valence-electron chi connectivity index (χ1n) is 43.4. The number of hydrogen-bond acceptors (Lipinski definition) is 8. The smallest absolute Gasteiger partial charge is 0.227 e. The molecule has 12 nitrogen and oxygen atoms in total. The van der Waals surface area contributed by atoms with E-state index in [0.29, 0.717) is 11.8 Å². The number of pyridine rings is 8. The van der Waals surface area contributed by atoms with Crippen LogP contribution >= 0.6 is 0 Å². The summed E-state index contributed by atoms with van der Waals surface area (Å²) in [5.41, 5.74) is 31.6. The van der Waals surface area contributed by atoms with Gasteiger partial charge in [0.1, 0.15) is 28.2 Å². The third kappa shape index (κ3) is 19.7. The van der Waals surface area contributed by atoms with E-state index in [1.54, 1.807) is 0 Å². The average molecular weight is 1610 g/mol. The van der Waals surface area contributed by atoms with Crippen molar-refractivity contribution in [1.82, 2.24) is 19.9 Å². The van der Waals surface area contributed by atoms with Crippen molar-refractivity contribution in [2.75, 3.05) is 0 Å². The molecule has 0 aliphatic rings. The Morgan fingerprint density at radius 2 is 0.558 bits per heavy atom. The van der Waals surface area contributed by atoms with Gasteiger partial charge in [0.2, 0.25) is 45.6 Å². The molecule has 0 atom stereocenters. The second-order valence-corrected chi connectivity index (χ2v) is 42.2. The Morgan fingerprint density at radius 3 is 0.850 bits per heavy atom. The fourth-order valence-corrected chi connectivity index (χ4v) is 16.9. The zero-order valence-electron chi connectivity index (χ0n) is 77.8. The largest absolute Gasteiger partial charge is 0.437 e. The number of aromatic nitrogens is 8. The predicted molar refractivity (Wildman–Crippen MR) is 499 cm³/mol. The van der Waals surface area contributed by atoms with Crippen LogP contribution in [-0.2, 0) is 72.1 Å². The topological polar surface area (TPSA) is 120 Å². The maximum atomic E-state index is 6.45. The van der Waals surface area contributed by atoms with E-state index in [0.717, 1.165) is 172 Å². The van der Waals surface area contributed by atoms with Gasteiger partial charge >= 0.3 is 0 Å². The molecule has 16 rings (SSSR count). The van der Waals surface area contributed by atoms with Crippen molar-refractivity contribution < 1.29 is 35.9 Å². The molecule has 12 heteroatoms. The summed E-state index contributed by atoms with van der Waals surface area (Å²) in [7, 11) is 8.42. The van der Waals surface area contributed by atoms with Gasteiger partial charge in [0.05, 0.1) is 22.3 Å². The molecule has 0 fully saturated rings. The van der Waals surface area contributed by atoms with Crippen molar-refractivity contribution >= 4 is 88.3 Å². The highest BCUT2D eigenvalue weighted by Gasteiger charge is 2.30. The summed E-state index contributed by atoms with van der Waals surface area (Å²) in [5, 5.41) is 8.85. The molecule has 120 heavy (non-hydrogen) atoms. The van der Waals surface area contributed by atoms with Gasteiger partial charge < -0.3 is 17.7 Å². The zero-order valence-corrected chi connectivity index (χ0v) is 77.8. The zero-order chi connectivity index (χ0) is 86.9. The van der Waals surface area contributed by atoms with Crippen LogP contribution in [0, 0.1) is 60.7 Å². The molecule has 4 aromatic carbocycles. The van der Waals surface area contributed by atoms with Crippen molar-refractivity contribution in [2.45, 2.75) is 230 Å². The van der Waals surface area contributed by atoms with Gasteiger partial charge in [-0.25, -0.2) is 38.2 Å². The molecule has 0 aliphatic heterocycles. The minimum atomic E-state index is -0.0142. The first-order valence-corrected chi connectivity index (χ1v) is 43.4. The Balaban J connectivity index is 0.000000138. The van der Waals surface area contributed by atoms with Crippen molar-refractivity contribution in [1.29, 1.82) is 0 Å². The minimum Gasteiger partial charge on any atom is -0.437 e. The number of hydrogen-bond donors (Lipinski definition) is 0. The summed E-state index contributed by atoms with van der Waals surface area (Å²) >= 11 is 0. The molecule has 0 saturated carbocycles. The number of fused-ring (bicyclic) bond motifs is 12. The van der Waals surface area contributed by atoms with E-state index < -0.39 is 0 Å². The highest BCUT2D eigenvalue weighted by molar-refractivity contribution is 6.12. The summed E-state index contributed by atoms with van der Waals surface area (Å²) in [4.78, 5) is 19.4. The third-order valence-electron chi connectivity index (χ3n) is 22.5. The van der Waals surface area contributed by atoms with E-state index >= 15 is 0 Å². The third-order valence-corrected chi connectivity index (χ3v) is 22.5. The van der Waals surface area contributed by atoms with Gasteiger partial charge in [0, 0.05) is 120 Å². The second kappa shape index (κ2) is 33.4. The Hall–Kier alpha value is -10.7. The van der Waals surface area contributed by atoms with E-state index in [2.05, 4.69) is 397 Å². The molecule has 16 aromatic rings. The lowest BCUT2D eigenvalue weighted by atomic mass is 9.87. The maximum absolute atomic E-state index is 6.45. The minimum absolute atomic E-state index is 0.0142. The van der Waals surface area contributed by atoms with E-state index in [9.17, 15) is 0 Å². The van der Waals surface area contributed by atoms with Crippen molar-refractivity contribution in [3.63, 3.8) is 0 Å². The van der Waals surface area contributed by atoms with Gasteiger partial charge in [-0.3, -0.25) is 0 Å². The molecular weight excluding hydrogens is 1470 g/mol. The normalized spacial score (nSPS) is 12.6. The lowest BCUT2D eigenvalue weighted by Gasteiger charge is -2.18. The van der Waals surface area contributed by atoms with Gasteiger partial charge in [0.15, 0.2) is 47.1 Å². The van der Waals surface area contributed by atoms with Gasteiger partial charge in [-0.15, -0.1) is 0 Å². The maximum Gasteiger partial charge on any atom is 0.227 e. The summed E-state index contributed by atoms with van der Waals surface area (Å²) < 4.78 is 34.4.